The van der Waals surface area contributed by atoms with Crippen molar-refractivity contribution in [3.05, 3.63) is 63.2 Å². The fourth-order valence-electron chi connectivity index (χ4n) is 4.56. The first-order valence-electron chi connectivity index (χ1n) is 8.54. The van der Waals surface area contributed by atoms with Gasteiger partial charge in [-0.1, -0.05) is 27.5 Å². The summed E-state index contributed by atoms with van der Waals surface area (Å²) in [6, 6.07) is 12.8. The van der Waals surface area contributed by atoms with Gasteiger partial charge in [0, 0.05) is 63.0 Å². The number of halogens is 2. The predicted octanol–water partition coefficient (Wildman–Crippen LogP) is 5.85. The number of aromatic amines is 1. The Hall–Kier alpha value is -1.49. The van der Waals surface area contributed by atoms with E-state index in [4.69, 9.17) is 16.3 Å². The van der Waals surface area contributed by atoms with Crippen LogP contribution in [-0.4, -0.2) is 18.6 Å². The molecule has 128 valence electrons. The number of nitrogens with zero attached hydrogens (tertiary/aromatic N) is 1. The van der Waals surface area contributed by atoms with Gasteiger partial charge in [0.05, 0.1) is 12.1 Å². The minimum Gasteiger partial charge on any atom is -0.373 e. The number of rotatable bonds is 1. The Balaban J connectivity index is 1.70. The van der Waals surface area contributed by atoms with Crippen molar-refractivity contribution in [2.45, 2.75) is 18.6 Å². The second-order valence-corrected chi connectivity index (χ2v) is 8.29. The first-order chi connectivity index (χ1) is 12.1. The first kappa shape index (κ1) is 15.7. The highest BCUT2D eigenvalue weighted by molar-refractivity contribution is 9.10. The van der Waals surface area contributed by atoms with Crippen molar-refractivity contribution in [1.29, 1.82) is 0 Å². The van der Waals surface area contributed by atoms with Gasteiger partial charge < -0.3 is 14.6 Å². The van der Waals surface area contributed by atoms with Gasteiger partial charge in [0.2, 0.25) is 0 Å². The van der Waals surface area contributed by atoms with Crippen LogP contribution in [0.4, 0.5) is 5.69 Å². The molecule has 0 aliphatic carbocycles. The molecule has 5 heteroatoms. The zero-order valence-electron chi connectivity index (χ0n) is 13.8. The summed E-state index contributed by atoms with van der Waals surface area (Å²) < 4.78 is 7.25. The van der Waals surface area contributed by atoms with Gasteiger partial charge in [0.25, 0.3) is 0 Å². The second-order valence-electron chi connectivity index (χ2n) is 6.94. The van der Waals surface area contributed by atoms with Crippen LogP contribution in [-0.2, 0) is 4.74 Å². The topological polar surface area (TPSA) is 28.3 Å². The molecule has 1 fully saturated rings. The lowest BCUT2D eigenvalue weighted by molar-refractivity contribution is 0.0793. The van der Waals surface area contributed by atoms with Gasteiger partial charge in [-0.15, -0.1) is 0 Å². The van der Waals surface area contributed by atoms with Crippen LogP contribution in [0.1, 0.15) is 29.7 Å². The molecular weight excluding hydrogens is 400 g/mol. The zero-order valence-corrected chi connectivity index (χ0v) is 16.1. The number of fused-ring (bicyclic) bond motifs is 4. The molecular formula is C20H18BrClN2O. The molecule has 1 N–H and O–H groups in total. The van der Waals surface area contributed by atoms with Crippen molar-refractivity contribution in [3.8, 4) is 0 Å². The number of ether oxygens (including phenoxy) is 1. The van der Waals surface area contributed by atoms with Crippen molar-refractivity contribution >= 4 is 44.1 Å². The Morgan fingerprint density at radius 2 is 2.08 bits per heavy atom. The summed E-state index contributed by atoms with van der Waals surface area (Å²) in [5, 5.41) is 2.05. The number of nitrogens with one attached hydrogen (secondary N) is 1. The van der Waals surface area contributed by atoms with Crippen LogP contribution in [0, 0.1) is 5.92 Å². The van der Waals surface area contributed by atoms with Crippen molar-refractivity contribution in [1.82, 2.24) is 4.98 Å². The van der Waals surface area contributed by atoms with E-state index in [0.717, 1.165) is 22.5 Å². The first-order valence-corrected chi connectivity index (χ1v) is 9.71. The van der Waals surface area contributed by atoms with Gasteiger partial charge in [-0.05, 0) is 42.8 Å². The van der Waals surface area contributed by atoms with Crippen LogP contribution < -0.4 is 4.90 Å². The SMILES string of the molecule is CN1c2ccc(Cl)cc2[C@H]2OCC[C@H]2[C@H]1c1c[nH]c2ccc(Br)cc12. The van der Waals surface area contributed by atoms with E-state index >= 15 is 0 Å². The Labute approximate surface area is 160 Å². The highest BCUT2D eigenvalue weighted by Gasteiger charge is 2.44. The number of hydrogen-bond acceptors (Lipinski definition) is 2. The van der Waals surface area contributed by atoms with Crippen molar-refractivity contribution in [2.75, 3.05) is 18.6 Å². The van der Waals surface area contributed by atoms with Crippen molar-refractivity contribution in [3.63, 3.8) is 0 Å². The molecule has 3 nitrogen and oxygen atoms in total. The Bertz CT molecular complexity index is 969. The molecule has 3 heterocycles. The number of aromatic nitrogens is 1. The summed E-state index contributed by atoms with van der Waals surface area (Å²) >= 11 is 9.88. The number of H-pyrrole nitrogens is 1. The maximum Gasteiger partial charge on any atom is 0.0897 e. The molecule has 0 amide bonds. The van der Waals surface area contributed by atoms with Gasteiger partial charge in [-0.3, -0.25) is 0 Å². The lowest BCUT2D eigenvalue weighted by Crippen LogP contribution is -2.37. The fraction of sp³-hybridized carbons (Fsp3) is 0.300. The highest BCUT2D eigenvalue weighted by atomic mass is 79.9. The van der Waals surface area contributed by atoms with E-state index in [0.29, 0.717) is 5.92 Å². The monoisotopic (exact) mass is 416 g/mol. The molecule has 0 saturated carbocycles. The quantitative estimate of drug-likeness (QED) is 0.538. The summed E-state index contributed by atoms with van der Waals surface area (Å²) in [5.74, 6) is 0.425. The third-order valence-corrected chi connectivity index (χ3v) is 6.36. The van der Waals surface area contributed by atoms with Crippen molar-refractivity contribution < 1.29 is 4.74 Å². The predicted molar refractivity (Wildman–Crippen MR) is 105 cm³/mol. The van der Waals surface area contributed by atoms with E-state index in [-0.39, 0.29) is 12.1 Å². The lowest BCUT2D eigenvalue weighted by Gasteiger charge is -2.43. The Morgan fingerprint density at radius 1 is 1.20 bits per heavy atom. The number of hydrogen-bond donors (Lipinski definition) is 1. The van der Waals surface area contributed by atoms with E-state index in [2.05, 4.69) is 69.4 Å². The summed E-state index contributed by atoms with van der Waals surface area (Å²) in [5.41, 5.74) is 4.93. The maximum absolute atomic E-state index is 6.26. The third-order valence-electron chi connectivity index (χ3n) is 5.63. The summed E-state index contributed by atoms with van der Waals surface area (Å²) in [6.45, 7) is 0.803. The van der Waals surface area contributed by atoms with Crippen molar-refractivity contribution in [2.24, 2.45) is 5.92 Å². The molecule has 0 spiro atoms. The molecule has 5 rings (SSSR count). The Kier molecular flexibility index (Phi) is 3.63. The molecule has 3 atom stereocenters. The molecule has 1 saturated heterocycles. The minimum absolute atomic E-state index is 0.118. The normalized spacial score (nSPS) is 25.2. The smallest absolute Gasteiger partial charge is 0.0897 e. The molecule has 2 aromatic carbocycles. The summed E-state index contributed by atoms with van der Waals surface area (Å²) in [7, 11) is 2.18. The van der Waals surface area contributed by atoms with Crippen LogP contribution in [0.2, 0.25) is 5.02 Å². The van der Waals surface area contributed by atoms with Crippen LogP contribution in [0.5, 0.6) is 0 Å². The van der Waals surface area contributed by atoms with E-state index in [1.165, 1.54) is 27.7 Å². The maximum atomic E-state index is 6.26. The molecule has 0 unspecified atom stereocenters. The van der Waals surface area contributed by atoms with Gasteiger partial charge in [-0.2, -0.15) is 0 Å². The van der Waals surface area contributed by atoms with Crippen LogP contribution in [0.25, 0.3) is 10.9 Å². The van der Waals surface area contributed by atoms with E-state index in [1.807, 2.05) is 6.07 Å². The standard InChI is InChI=1S/C20H18BrClN2O/c1-24-18-5-3-12(22)9-15(18)20-13(6-7-25-20)19(24)16-10-23-17-4-2-11(21)8-14(16)17/h2-5,8-10,13,19-20,23H,6-7H2,1H3/t13-,19-,20-/m0/s1. The van der Waals surface area contributed by atoms with E-state index in [1.54, 1.807) is 0 Å². The average Bonchev–Trinajstić information content (AvgIpc) is 3.22. The largest absolute Gasteiger partial charge is 0.373 e. The van der Waals surface area contributed by atoms with Gasteiger partial charge >= 0.3 is 0 Å². The second kappa shape index (κ2) is 5.76. The molecule has 2 aliphatic rings. The fourth-order valence-corrected chi connectivity index (χ4v) is 5.10. The summed E-state index contributed by atoms with van der Waals surface area (Å²) in [6.07, 6.45) is 3.34. The number of benzene rings is 2. The van der Waals surface area contributed by atoms with Gasteiger partial charge in [0.15, 0.2) is 0 Å². The van der Waals surface area contributed by atoms with Gasteiger partial charge in [0.1, 0.15) is 0 Å². The molecule has 0 bridgehead atoms. The molecule has 2 aliphatic heterocycles. The number of anilines is 1. The van der Waals surface area contributed by atoms with E-state index in [9.17, 15) is 0 Å². The summed E-state index contributed by atoms with van der Waals surface area (Å²) in [4.78, 5) is 5.83. The van der Waals surface area contributed by atoms with E-state index < -0.39 is 0 Å². The molecule has 3 aromatic rings. The van der Waals surface area contributed by atoms with Gasteiger partial charge in [-0.25, -0.2) is 0 Å². The Morgan fingerprint density at radius 3 is 2.96 bits per heavy atom. The molecule has 1 aromatic heterocycles. The van der Waals surface area contributed by atoms with Crippen LogP contribution in [0.3, 0.4) is 0 Å². The highest BCUT2D eigenvalue weighted by Crippen LogP contribution is 2.53. The van der Waals surface area contributed by atoms with Crippen LogP contribution in [0.15, 0.2) is 47.1 Å². The molecule has 0 radical (unpaired) electrons. The lowest BCUT2D eigenvalue weighted by atomic mass is 9.80. The zero-order chi connectivity index (χ0) is 17.1. The van der Waals surface area contributed by atoms with Crippen LogP contribution >= 0.6 is 27.5 Å². The average molecular weight is 418 g/mol. The molecule has 25 heavy (non-hydrogen) atoms. The third kappa shape index (κ3) is 2.35. The minimum atomic E-state index is 0.118.